The number of nitrogens with two attached hydrogens (primary N) is 1. The van der Waals surface area contributed by atoms with Gasteiger partial charge in [0.2, 0.25) is 5.91 Å². The Morgan fingerprint density at radius 2 is 1.94 bits per heavy atom. The Morgan fingerprint density at radius 3 is 2.25 bits per heavy atom. The fourth-order valence-electron chi connectivity index (χ4n) is 1.83. The number of amides is 1. The van der Waals surface area contributed by atoms with E-state index >= 15 is 0 Å². The minimum atomic E-state index is -0.442. The minimum absolute atomic E-state index is 0.0281. The van der Waals surface area contributed by atoms with Crippen LogP contribution in [0.4, 0.5) is 0 Å². The Labute approximate surface area is 98.6 Å². The SMILES string of the molecule is CCC(CCO)NC(=O)C(CC)(CC)CN. The van der Waals surface area contributed by atoms with Crippen LogP contribution in [0.5, 0.6) is 0 Å². The van der Waals surface area contributed by atoms with Gasteiger partial charge in [0.15, 0.2) is 0 Å². The molecule has 96 valence electrons. The van der Waals surface area contributed by atoms with Crippen molar-refractivity contribution in [3.63, 3.8) is 0 Å². The normalized spacial score (nSPS) is 13.6. The van der Waals surface area contributed by atoms with Gasteiger partial charge in [-0.15, -0.1) is 0 Å². The monoisotopic (exact) mass is 230 g/mol. The highest BCUT2D eigenvalue weighted by Gasteiger charge is 2.33. The number of nitrogens with one attached hydrogen (secondary N) is 1. The van der Waals surface area contributed by atoms with E-state index in [4.69, 9.17) is 10.8 Å². The van der Waals surface area contributed by atoms with E-state index in [0.717, 1.165) is 19.3 Å². The first kappa shape index (κ1) is 15.4. The molecule has 0 spiro atoms. The Hall–Kier alpha value is -0.610. The van der Waals surface area contributed by atoms with Crippen molar-refractivity contribution in [2.45, 2.75) is 52.5 Å². The van der Waals surface area contributed by atoms with E-state index in [1.807, 2.05) is 20.8 Å². The molecule has 0 rings (SSSR count). The van der Waals surface area contributed by atoms with Gasteiger partial charge < -0.3 is 16.2 Å². The van der Waals surface area contributed by atoms with Crippen LogP contribution in [-0.2, 0) is 4.79 Å². The van der Waals surface area contributed by atoms with Crippen LogP contribution in [0.15, 0.2) is 0 Å². The molecule has 4 N–H and O–H groups in total. The summed E-state index contributed by atoms with van der Waals surface area (Å²) in [5.41, 5.74) is 5.27. The van der Waals surface area contributed by atoms with E-state index in [1.165, 1.54) is 0 Å². The molecular weight excluding hydrogens is 204 g/mol. The summed E-state index contributed by atoms with van der Waals surface area (Å²) < 4.78 is 0. The van der Waals surface area contributed by atoms with Crippen molar-refractivity contribution in [1.82, 2.24) is 5.32 Å². The number of hydrogen-bond donors (Lipinski definition) is 3. The van der Waals surface area contributed by atoms with E-state index in [0.29, 0.717) is 13.0 Å². The molecule has 0 radical (unpaired) electrons. The second-order valence-corrected chi connectivity index (χ2v) is 4.28. The highest BCUT2D eigenvalue weighted by Crippen LogP contribution is 2.25. The lowest BCUT2D eigenvalue weighted by Crippen LogP contribution is -2.48. The van der Waals surface area contributed by atoms with Crippen LogP contribution in [0.2, 0.25) is 0 Å². The molecule has 0 saturated carbocycles. The Kier molecular flexibility index (Phi) is 7.34. The standard InChI is InChI=1S/C12H26N2O2/c1-4-10(7-8-15)14-11(16)12(5-2,6-3)9-13/h10,15H,4-9,13H2,1-3H3,(H,14,16). The first-order valence-electron chi connectivity index (χ1n) is 6.22. The van der Waals surface area contributed by atoms with Gasteiger partial charge in [-0.1, -0.05) is 20.8 Å². The fraction of sp³-hybridized carbons (Fsp3) is 0.917. The molecule has 0 aliphatic carbocycles. The third-order valence-corrected chi connectivity index (χ3v) is 3.53. The fourth-order valence-corrected chi connectivity index (χ4v) is 1.83. The summed E-state index contributed by atoms with van der Waals surface area (Å²) in [5, 5.41) is 11.9. The van der Waals surface area contributed by atoms with Crippen LogP contribution < -0.4 is 11.1 Å². The lowest BCUT2D eigenvalue weighted by molar-refractivity contribution is -0.131. The molecule has 1 amide bonds. The Bertz CT molecular complexity index is 195. The van der Waals surface area contributed by atoms with Crippen molar-refractivity contribution >= 4 is 5.91 Å². The third kappa shape index (κ3) is 3.76. The van der Waals surface area contributed by atoms with Gasteiger partial charge >= 0.3 is 0 Å². The zero-order chi connectivity index (χ0) is 12.6. The predicted molar refractivity (Wildman–Crippen MR) is 66.0 cm³/mol. The predicted octanol–water partition coefficient (Wildman–Crippen LogP) is 1.03. The lowest BCUT2D eigenvalue weighted by atomic mass is 9.81. The second-order valence-electron chi connectivity index (χ2n) is 4.28. The molecule has 0 bridgehead atoms. The number of hydrogen-bond acceptors (Lipinski definition) is 3. The maximum absolute atomic E-state index is 12.1. The molecular formula is C12H26N2O2. The van der Waals surface area contributed by atoms with Crippen molar-refractivity contribution in [2.75, 3.05) is 13.2 Å². The van der Waals surface area contributed by atoms with Crippen molar-refractivity contribution in [2.24, 2.45) is 11.1 Å². The largest absolute Gasteiger partial charge is 0.396 e. The smallest absolute Gasteiger partial charge is 0.227 e. The number of aliphatic hydroxyl groups is 1. The highest BCUT2D eigenvalue weighted by atomic mass is 16.3. The van der Waals surface area contributed by atoms with Gasteiger partial charge in [0.05, 0.1) is 5.41 Å². The van der Waals surface area contributed by atoms with Gasteiger partial charge in [-0.3, -0.25) is 4.79 Å². The number of aliphatic hydroxyl groups excluding tert-OH is 1. The average Bonchev–Trinajstić information content (AvgIpc) is 2.31. The molecule has 0 heterocycles. The first-order chi connectivity index (χ1) is 7.60. The molecule has 0 fully saturated rings. The van der Waals surface area contributed by atoms with Crippen molar-refractivity contribution in [1.29, 1.82) is 0 Å². The maximum Gasteiger partial charge on any atom is 0.227 e. The second kappa shape index (κ2) is 7.63. The van der Waals surface area contributed by atoms with Gasteiger partial charge in [0.25, 0.3) is 0 Å². The summed E-state index contributed by atoms with van der Waals surface area (Å²) >= 11 is 0. The van der Waals surface area contributed by atoms with Gasteiger partial charge in [0, 0.05) is 19.2 Å². The van der Waals surface area contributed by atoms with Gasteiger partial charge in [-0.2, -0.15) is 0 Å². The van der Waals surface area contributed by atoms with Gasteiger partial charge in [-0.25, -0.2) is 0 Å². The number of rotatable bonds is 8. The van der Waals surface area contributed by atoms with Crippen LogP contribution in [-0.4, -0.2) is 30.2 Å². The zero-order valence-corrected chi connectivity index (χ0v) is 10.8. The number of carbonyl (C=O) groups excluding carboxylic acids is 1. The quantitative estimate of drug-likeness (QED) is 0.583. The van der Waals surface area contributed by atoms with E-state index < -0.39 is 5.41 Å². The summed E-state index contributed by atoms with van der Waals surface area (Å²) in [6, 6.07) is 0.0570. The Balaban J connectivity index is 4.50. The molecule has 0 saturated heterocycles. The average molecular weight is 230 g/mol. The molecule has 4 heteroatoms. The summed E-state index contributed by atoms with van der Waals surface area (Å²) in [5.74, 6) is 0.0281. The summed E-state index contributed by atoms with van der Waals surface area (Å²) in [6.45, 7) is 6.46. The third-order valence-electron chi connectivity index (χ3n) is 3.53. The summed E-state index contributed by atoms with van der Waals surface area (Å²) in [4.78, 5) is 12.1. The van der Waals surface area contributed by atoms with Crippen LogP contribution >= 0.6 is 0 Å². The molecule has 0 aliphatic rings. The molecule has 1 unspecified atom stereocenters. The summed E-state index contributed by atoms with van der Waals surface area (Å²) in [6.07, 6.45) is 2.94. The molecule has 0 aromatic heterocycles. The maximum atomic E-state index is 12.1. The molecule has 1 atom stereocenters. The summed E-state index contributed by atoms with van der Waals surface area (Å²) in [7, 11) is 0. The number of carbonyl (C=O) groups is 1. The zero-order valence-electron chi connectivity index (χ0n) is 10.8. The van der Waals surface area contributed by atoms with E-state index in [9.17, 15) is 4.79 Å². The van der Waals surface area contributed by atoms with E-state index in [1.54, 1.807) is 0 Å². The molecule has 16 heavy (non-hydrogen) atoms. The van der Waals surface area contributed by atoms with Crippen molar-refractivity contribution in [3.05, 3.63) is 0 Å². The first-order valence-corrected chi connectivity index (χ1v) is 6.22. The van der Waals surface area contributed by atoms with E-state index in [-0.39, 0.29) is 18.6 Å². The molecule has 0 aromatic rings. The van der Waals surface area contributed by atoms with Crippen molar-refractivity contribution in [3.8, 4) is 0 Å². The van der Waals surface area contributed by atoms with Crippen LogP contribution in [0, 0.1) is 5.41 Å². The van der Waals surface area contributed by atoms with Crippen LogP contribution in [0.3, 0.4) is 0 Å². The minimum Gasteiger partial charge on any atom is -0.396 e. The van der Waals surface area contributed by atoms with E-state index in [2.05, 4.69) is 5.32 Å². The molecule has 4 nitrogen and oxygen atoms in total. The van der Waals surface area contributed by atoms with Gasteiger partial charge in [-0.05, 0) is 25.7 Å². The lowest BCUT2D eigenvalue weighted by Gasteiger charge is -2.30. The topological polar surface area (TPSA) is 75.3 Å². The van der Waals surface area contributed by atoms with Crippen molar-refractivity contribution < 1.29 is 9.90 Å². The highest BCUT2D eigenvalue weighted by molar-refractivity contribution is 5.83. The molecule has 0 aliphatic heterocycles. The molecule has 0 aromatic carbocycles. The van der Waals surface area contributed by atoms with Crippen LogP contribution in [0.1, 0.15) is 46.5 Å². The van der Waals surface area contributed by atoms with Crippen LogP contribution in [0.25, 0.3) is 0 Å². The Morgan fingerprint density at radius 1 is 1.38 bits per heavy atom. The van der Waals surface area contributed by atoms with Gasteiger partial charge in [0.1, 0.15) is 0 Å².